The Bertz CT molecular complexity index is 564. The molecule has 2 N–H and O–H groups in total. The molecule has 0 saturated heterocycles. The molecule has 1 aromatic rings. The molecule has 0 spiro atoms. The van der Waals surface area contributed by atoms with Crippen molar-refractivity contribution < 1.29 is 17.9 Å². The minimum absolute atomic E-state index is 0. The van der Waals surface area contributed by atoms with E-state index < -0.39 is 10.0 Å². The van der Waals surface area contributed by atoms with Crippen LogP contribution in [0.5, 0.6) is 5.75 Å². The molecule has 0 amide bonds. The van der Waals surface area contributed by atoms with Gasteiger partial charge in [-0.2, -0.15) is 0 Å². The molecule has 0 heterocycles. The summed E-state index contributed by atoms with van der Waals surface area (Å²) in [5.41, 5.74) is 5.98. The average Bonchev–Trinajstić information content (AvgIpc) is 2.52. The van der Waals surface area contributed by atoms with Crippen LogP contribution in [0.25, 0.3) is 0 Å². The summed E-state index contributed by atoms with van der Waals surface area (Å²) in [5, 5.41) is 0. The molecule has 1 unspecified atom stereocenters. The lowest BCUT2D eigenvalue weighted by Crippen LogP contribution is -2.34. The molecule has 0 aliphatic rings. The summed E-state index contributed by atoms with van der Waals surface area (Å²) in [7, 11) is -0.333. The normalized spacial score (nSPS) is 13.0. The van der Waals surface area contributed by atoms with E-state index in [4.69, 9.17) is 15.2 Å². The molecule has 24 heavy (non-hydrogen) atoms. The maximum absolute atomic E-state index is 12.5. The smallest absolute Gasteiger partial charge is 0.242 e. The van der Waals surface area contributed by atoms with E-state index in [0.29, 0.717) is 37.8 Å². The van der Waals surface area contributed by atoms with E-state index in [9.17, 15) is 8.42 Å². The van der Waals surface area contributed by atoms with Crippen LogP contribution >= 0.6 is 12.4 Å². The molecule has 1 rings (SSSR count). The van der Waals surface area contributed by atoms with E-state index in [-0.39, 0.29) is 23.3 Å². The highest BCUT2D eigenvalue weighted by atomic mass is 35.5. The van der Waals surface area contributed by atoms with Crippen LogP contribution in [-0.2, 0) is 14.8 Å². The minimum atomic E-state index is -3.50. The van der Waals surface area contributed by atoms with Crippen LogP contribution in [0.1, 0.15) is 20.3 Å². The Morgan fingerprint density at radius 1 is 1.17 bits per heavy atom. The van der Waals surface area contributed by atoms with Gasteiger partial charge in [0, 0.05) is 26.7 Å². The first-order valence-electron chi connectivity index (χ1n) is 7.72. The van der Waals surface area contributed by atoms with E-state index in [1.54, 1.807) is 38.4 Å². The van der Waals surface area contributed by atoms with Gasteiger partial charge in [0.2, 0.25) is 10.0 Å². The van der Waals surface area contributed by atoms with Gasteiger partial charge in [0.1, 0.15) is 12.4 Å². The molecule has 0 aliphatic carbocycles. The van der Waals surface area contributed by atoms with Crippen molar-refractivity contribution in [3.05, 3.63) is 24.3 Å². The third-order valence-electron chi connectivity index (χ3n) is 3.72. The first-order valence-corrected chi connectivity index (χ1v) is 9.16. The van der Waals surface area contributed by atoms with Gasteiger partial charge in [-0.25, -0.2) is 12.7 Å². The number of methoxy groups -OCH3 is 1. The molecular weight excluding hydrogens is 352 g/mol. The van der Waals surface area contributed by atoms with E-state index in [1.165, 1.54) is 4.31 Å². The van der Waals surface area contributed by atoms with Crippen LogP contribution in [0, 0.1) is 5.92 Å². The molecule has 0 aromatic heterocycles. The van der Waals surface area contributed by atoms with Crippen LogP contribution in [0.3, 0.4) is 0 Å². The molecular formula is C16H29ClN2O4S. The van der Waals surface area contributed by atoms with Crippen molar-refractivity contribution in [3.8, 4) is 5.75 Å². The number of rotatable bonds is 10. The second-order valence-electron chi connectivity index (χ2n) is 5.84. The van der Waals surface area contributed by atoms with Crippen LogP contribution in [0.15, 0.2) is 29.2 Å². The largest absolute Gasteiger partial charge is 0.491 e. The summed E-state index contributed by atoms with van der Waals surface area (Å²) in [6, 6.07) is 6.39. The highest BCUT2D eigenvalue weighted by Gasteiger charge is 2.21. The number of benzene rings is 1. The predicted molar refractivity (Wildman–Crippen MR) is 98.3 cm³/mol. The topological polar surface area (TPSA) is 81.9 Å². The van der Waals surface area contributed by atoms with Crippen LogP contribution in [0.2, 0.25) is 0 Å². The molecule has 8 heteroatoms. The Balaban J connectivity index is 0.00000529. The third kappa shape index (κ3) is 6.94. The van der Waals surface area contributed by atoms with Gasteiger partial charge < -0.3 is 15.2 Å². The van der Waals surface area contributed by atoms with Gasteiger partial charge in [0.05, 0.1) is 11.5 Å². The summed E-state index contributed by atoms with van der Waals surface area (Å²) in [6.07, 6.45) is 0.631. The van der Waals surface area contributed by atoms with Crippen LogP contribution in [0.4, 0.5) is 0 Å². The van der Waals surface area contributed by atoms with Gasteiger partial charge >= 0.3 is 0 Å². The van der Waals surface area contributed by atoms with Crippen molar-refractivity contribution in [2.75, 3.05) is 33.9 Å². The molecule has 1 aromatic carbocycles. The number of hydrogen-bond acceptors (Lipinski definition) is 5. The van der Waals surface area contributed by atoms with Crippen LogP contribution in [-0.4, -0.2) is 52.7 Å². The summed E-state index contributed by atoms with van der Waals surface area (Å²) in [5.74, 6) is 0.945. The number of sulfonamides is 1. The Kier molecular flexibility index (Phi) is 10.5. The summed E-state index contributed by atoms with van der Waals surface area (Å²) >= 11 is 0. The van der Waals surface area contributed by atoms with Crippen molar-refractivity contribution in [1.82, 2.24) is 4.31 Å². The first-order chi connectivity index (χ1) is 10.8. The maximum Gasteiger partial charge on any atom is 0.242 e. The number of nitrogens with two attached hydrogens (primary N) is 1. The lowest BCUT2D eigenvalue weighted by Gasteiger charge is -2.21. The second kappa shape index (κ2) is 10.9. The fourth-order valence-electron chi connectivity index (χ4n) is 1.92. The fraction of sp³-hybridized carbons (Fsp3) is 0.625. The second-order valence-corrected chi connectivity index (χ2v) is 7.88. The summed E-state index contributed by atoms with van der Waals surface area (Å²) in [6.45, 7) is 5.37. The maximum atomic E-state index is 12.5. The first kappa shape index (κ1) is 23.1. The molecule has 0 bridgehead atoms. The lowest BCUT2D eigenvalue weighted by atomic mass is 10.0. The SMILES string of the molecule is COCCOc1ccc(S(=O)(=O)N(C)CCC(N)C(C)C)cc1.Cl. The Labute approximate surface area is 151 Å². The van der Waals surface area contributed by atoms with Crippen molar-refractivity contribution in [3.63, 3.8) is 0 Å². The molecule has 1 atom stereocenters. The van der Waals surface area contributed by atoms with E-state index in [0.717, 1.165) is 0 Å². The zero-order chi connectivity index (χ0) is 17.5. The van der Waals surface area contributed by atoms with E-state index in [2.05, 4.69) is 0 Å². The number of ether oxygens (including phenoxy) is 2. The predicted octanol–water partition coefficient (Wildman–Crippen LogP) is 2.13. The van der Waals surface area contributed by atoms with Gasteiger partial charge in [-0.3, -0.25) is 0 Å². The van der Waals surface area contributed by atoms with Gasteiger partial charge in [0.25, 0.3) is 0 Å². The highest BCUT2D eigenvalue weighted by Crippen LogP contribution is 2.19. The van der Waals surface area contributed by atoms with Gasteiger partial charge in [0.15, 0.2) is 0 Å². The van der Waals surface area contributed by atoms with Crippen LogP contribution < -0.4 is 10.5 Å². The van der Waals surface area contributed by atoms with E-state index in [1.807, 2.05) is 13.8 Å². The molecule has 0 saturated carbocycles. The molecule has 0 aliphatic heterocycles. The van der Waals surface area contributed by atoms with Gasteiger partial charge in [-0.15, -0.1) is 12.4 Å². The van der Waals surface area contributed by atoms with Crippen molar-refractivity contribution >= 4 is 22.4 Å². The Morgan fingerprint density at radius 2 is 1.75 bits per heavy atom. The lowest BCUT2D eigenvalue weighted by molar-refractivity contribution is 0.146. The molecule has 0 radical (unpaired) electrons. The van der Waals surface area contributed by atoms with Crippen molar-refractivity contribution in [1.29, 1.82) is 0 Å². The quantitative estimate of drug-likeness (QED) is 0.629. The average molecular weight is 381 g/mol. The van der Waals surface area contributed by atoms with Gasteiger partial charge in [-0.1, -0.05) is 13.8 Å². The number of nitrogens with zero attached hydrogens (tertiary/aromatic N) is 1. The van der Waals surface area contributed by atoms with Crippen molar-refractivity contribution in [2.45, 2.75) is 31.2 Å². The number of hydrogen-bond donors (Lipinski definition) is 1. The molecule has 140 valence electrons. The van der Waals surface area contributed by atoms with E-state index >= 15 is 0 Å². The Hall–Kier alpha value is -0.860. The molecule has 0 fully saturated rings. The summed E-state index contributed by atoms with van der Waals surface area (Å²) < 4.78 is 36.7. The highest BCUT2D eigenvalue weighted by molar-refractivity contribution is 7.89. The molecule has 6 nitrogen and oxygen atoms in total. The summed E-state index contributed by atoms with van der Waals surface area (Å²) in [4.78, 5) is 0.247. The zero-order valence-corrected chi connectivity index (χ0v) is 16.4. The Morgan fingerprint density at radius 3 is 2.25 bits per heavy atom. The van der Waals surface area contributed by atoms with Crippen molar-refractivity contribution in [2.24, 2.45) is 11.7 Å². The monoisotopic (exact) mass is 380 g/mol. The van der Waals surface area contributed by atoms with Gasteiger partial charge in [-0.05, 0) is 36.6 Å². The zero-order valence-electron chi connectivity index (χ0n) is 14.8. The standard InChI is InChI=1S/C16H28N2O4S.ClH/c1-13(2)16(17)9-10-18(3)23(19,20)15-7-5-14(6-8-15)22-12-11-21-4;/h5-8,13,16H,9-12,17H2,1-4H3;1H. The minimum Gasteiger partial charge on any atom is -0.491 e. The fourth-order valence-corrected chi connectivity index (χ4v) is 3.10. The third-order valence-corrected chi connectivity index (χ3v) is 5.59. The number of halogens is 1.